The van der Waals surface area contributed by atoms with Crippen molar-refractivity contribution >= 4 is 5.84 Å². The number of benzene rings is 1. The fourth-order valence-electron chi connectivity index (χ4n) is 1.61. The molecule has 0 bridgehead atoms. The number of ether oxygens (including phenoxy) is 1. The lowest BCUT2D eigenvalue weighted by molar-refractivity contribution is 0.184. The SMILES string of the molecule is COCc1ccccc1C1=NCCN1. The molecular formula is C11H14N2O. The van der Waals surface area contributed by atoms with Crippen molar-refractivity contribution in [1.29, 1.82) is 0 Å². The van der Waals surface area contributed by atoms with Gasteiger partial charge in [0.2, 0.25) is 0 Å². The van der Waals surface area contributed by atoms with Crippen LogP contribution in [-0.4, -0.2) is 26.0 Å². The van der Waals surface area contributed by atoms with Crippen molar-refractivity contribution in [2.24, 2.45) is 4.99 Å². The van der Waals surface area contributed by atoms with Crippen LogP contribution in [-0.2, 0) is 11.3 Å². The van der Waals surface area contributed by atoms with Crippen molar-refractivity contribution in [1.82, 2.24) is 5.32 Å². The fraction of sp³-hybridized carbons (Fsp3) is 0.364. The molecule has 0 unspecified atom stereocenters. The molecule has 0 radical (unpaired) electrons. The van der Waals surface area contributed by atoms with Gasteiger partial charge in [-0.2, -0.15) is 0 Å². The van der Waals surface area contributed by atoms with Crippen LogP contribution in [0.15, 0.2) is 29.3 Å². The van der Waals surface area contributed by atoms with Crippen molar-refractivity contribution in [2.45, 2.75) is 6.61 Å². The molecule has 1 heterocycles. The van der Waals surface area contributed by atoms with E-state index in [0.29, 0.717) is 6.61 Å². The Morgan fingerprint density at radius 2 is 2.29 bits per heavy atom. The van der Waals surface area contributed by atoms with Crippen molar-refractivity contribution in [2.75, 3.05) is 20.2 Å². The normalized spacial score (nSPS) is 15.1. The van der Waals surface area contributed by atoms with E-state index in [-0.39, 0.29) is 0 Å². The minimum atomic E-state index is 0.636. The predicted molar refractivity (Wildman–Crippen MR) is 56.6 cm³/mol. The molecule has 0 spiro atoms. The number of hydrogen-bond donors (Lipinski definition) is 1. The third kappa shape index (κ3) is 1.77. The number of rotatable bonds is 3. The average molecular weight is 190 g/mol. The average Bonchev–Trinajstić information content (AvgIpc) is 2.72. The van der Waals surface area contributed by atoms with Crippen LogP contribution in [0.4, 0.5) is 0 Å². The summed E-state index contributed by atoms with van der Waals surface area (Å²) in [6, 6.07) is 8.19. The third-order valence-corrected chi connectivity index (χ3v) is 2.25. The minimum Gasteiger partial charge on any atom is -0.380 e. The van der Waals surface area contributed by atoms with Gasteiger partial charge in [0, 0.05) is 19.2 Å². The Bertz CT molecular complexity index is 347. The molecule has 0 amide bonds. The molecule has 1 aromatic rings. The first-order valence-corrected chi connectivity index (χ1v) is 4.77. The first-order chi connectivity index (χ1) is 6.92. The van der Waals surface area contributed by atoms with Gasteiger partial charge >= 0.3 is 0 Å². The summed E-state index contributed by atoms with van der Waals surface area (Å²) in [7, 11) is 1.71. The van der Waals surface area contributed by atoms with Crippen molar-refractivity contribution in [3.8, 4) is 0 Å². The maximum absolute atomic E-state index is 5.15. The van der Waals surface area contributed by atoms with Gasteiger partial charge in [0.15, 0.2) is 0 Å². The van der Waals surface area contributed by atoms with E-state index in [4.69, 9.17) is 4.74 Å². The summed E-state index contributed by atoms with van der Waals surface area (Å²) in [4.78, 5) is 4.40. The monoisotopic (exact) mass is 190 g/mol. The maximum atomic E-state index is 5.15. The van der Waals surface area contributed by atoms with E-state index < -0.39 is 0 Å². The molecule has 3 heteroatoms. The molecule has 74 valence electrons. The van der Waals surface area contributed by atoms with Crippen LogP contribution in [0.1, 0.15) is 11.1 Å². The molecule has 0 atom stereocenters. The van der Waals surface area contributed by atoms with Gasteiger partial charge < -0.3 is 10.1 Å². The number of amidine groups is 1. The molecule has 0 saturated carbocycles. The van der Waals surface area contributed by atoms with Crippen LogP contribution in [0.3, 0.4) is 0 Å². The zero-order valence-electron chi connectivity index (χ0n) is 8.29. The molecule has 0 saturated heterocycles. The smallest absolute Gasteiger partial charge is 0.128 e. The zero-order chi connectivity index (χ0) is 9.80. The lowest BCUT2D eigenvalue weighted by atomic mass is 10.1. The second-order valence-corrected chi connectivity index (χ2v) is 3.25. The summed E-state index contributed by atoms with van der Waals surface area (Å²) in [5, 5.41) is 3.27. The molecule has 0 aliphatic carbocycles. The van der Waals surface area contributed by atoms with Gasteiger partial charge in [0.25, 0.3) is 0 Å². The Labute approximate surface area is 83.8 Å². The number of aliphatic imine (C=N–C) groups is 1. The van der Waals surface area contributed by atoms with Gasteiger partial charge in [-0.15, -0.1) is 0 Å². The van der Waals surface area contributed by atoms with Crippen LogP contribution in [0, 0.1) is 0 Å². The van der Waals surface area contributed by atoms with Crippen LogP contribution in [0.2, 0.25) is 0 Å². The van der Waals surface area contributed by atoms with Crippen molar-refractivity contribution in [3.05, 3.63) is 35.4 Å². The van der Waals surface area contributed by atoms with Crippen LogP contribution in [0.5, 0.6) is 0 Å². The largest absolute Gasteiger partial charge is 0.380 e. The van der Waals surface area contributed by atoms with Gasteiger partial charge in [-0.3, -0.25) is 4.99 Å². The first kappa shape index (κ1) is 9.21. The Hall–Kier alpha value is -1.35. The van der Waals surface area contributed by atoms with Gasteiger partial charge in [0.1, 0.15) is 5.84 Å². The predicted octanol–water partition coefficient (Wildman–Crippen LogP) is 1.18. The molecule has 0 aromatic heterocycles. The molecule has 0 fully saturated rings. The second-order valence-electron chi connectivity index (χ2n) is 3.25. The highest BCUT2D eigenvalue weighted by atomic mass is 16.5. The highest BCUT2D eigenvalue weighted by Gasteiger charge is 2.11. The van der Waals surface area contributed by atoms with Crippen LogP contribution < -0.4 is 5.32 Å². The van der Waals surface area contributed by atoms with E-state index in [2.05, 4.69) is 22.4 Å². The first-order valence-electron chi connectivity index (χ1n) is 4.77. The highest BCUT2D eigenvalue weighted by molar-refractivity contribution is 6.00. The molecule has 3 nitrogen and oxygen atoms in total. The molecular weight excluding hydrogens is 176 g/mol. The molecule has 14 heavy (non-hydrogen) atoms. The minimum absolute atomic E-state index is 0.636. The summed E-state index contributed by atoms with van der Waals surface area (Å²) in [5.74, 6) is 0.998. The Balaban J connectivity index is 2.31. The summed E-state index contributed by atoms with van der Waals surface area (Å²) in [6.45, 7) is 2.45. The quantitative estimate of drug-likeness (QED) is 0.776. The molecule has 2 rings (SSSR count). The van der Waals surface area contributed by atoms with E-state index in [1.165, 1.54) is 5.56 Å². The number of hydrogen-bond acceptors (Lipinski definition) is 3. The molecule has 1 aliphatic rings. The topological polar surface area (TPSA) is 33.6 Å². The van der Waals surface area contributed by atoms with Crippen molar-refractivity contribution < 1.29 is 4.74 Å². The van der Waals surface area contributed by atoms with Gasteiger partial charge in [-0.25, -0.2) is 0 Å². The van der Waals surface area contributed by atoms with Crippen LogP contribution >= 0.6 is 0 Å². The number of methoxy groups -OCH3 is 1. The number of nitrogens with one attached hydrogen (secondary N) is 1. The zero-order valence-corrected chi connectivity index (χ0v) is 8.29. The summed E-state index contributed by atoms with van der Waals surface area (Å²) in [6.07, 6.45) is 0. The fourth-order valence-corrected chi connectivity index (χ4v) is 1.61. The van der Waals surface area contributed by atoms with E-state index >= 15 is 0 Å². The third-order valence-electron chi connectivity index (χ3n) is 2.25. The summed E-state index contributed by atoms with van der Waals surface area (Å²) in [5.41, 5.74) is 2.34. The molecule has 1 aromatic carbocycles. The Morgan fingerprint density at radius 3 is 3.00 bits per heavy atom. The highest BCUT2D eigenvalue weighted by Crippen LogP contribution is 2.11. The van der Waals surface area contributed by atoms with E-state index in [0.717, 1.165) is 24.5 Å². The number of nitrogens with zero attached hydrogens (tertiary/aromatic N) is 1. The van der Waals surface area contributed by atoms with Gasteiger partial charge in [-0.1, -0.05) is 24.3 Å². The maximum Gasteiger partial charge on any atom is 0.128 e. The van der Waals surface area contributed by atoms with E-state index in [1.807, 2.05) is 12.1 Å². The van der Waals surface area contributed by atoms with Gasteiger partial charge in [0.05, 0.1) is 13.2 Å². The summed E-state index contributed by atoms with van der Waals surface area (Å²) >= 11 is 0. The summed E-state index contributed by atoms with van der Waals surface area (Å²) < 4.78 is 5.15. The van der Waals surface area contributed by atoms with E-state index in [9.17, 15) is 0 Å². The van der Waals surface area contributed by atoms with Crippen LogP contribution in [0.25, 0.3) is 0 Å². The van der Waals surface area contributed by atoms with E-state index in [1.54, 1.807) is 7.11 Å². The standard InChI is InChI=1S/C11H14N2O/c1-14-8-9-4-2-3-5-10(9)11-12-6-7-13-11/h2-5H,6-8H2,1H3,(H,12,13). The van der Waals surface area contributed by atoms with Crippen molar-refractivity contribution in [3.63, 3.8) is 0 Å². The Morgan fingerprint density at radius 1 is 1.43 bits per heavy atom. The molecule has 1 N–H and O–H groups in total. The lowest BCUT2D eigenvalue weighted by Crippen LogP contribution is -2.20. The Kier molecular flexibility index (Phi) is 2.79. The van der Waals surface area contributed by atoms with Gasteiger partial charge in [-0.05, 0) is 5.56 Å². The second kappa shape index (κ2) is 4.24. The lowest BCUT2D eigenvalue weighted by Gasteiger charge is -2.08. The molecule has 1 aliphatic heterocycles.